The van der Waals surface area contributed by atoms with E-state index >= 15 is 0 Å². The van der Waals surface area contributed by atoms with Crippen LogP contribution in [-0.4, -0.2) is 62.8 Å². The van der Waals surface area contributed by atoms with E-state index in [1.54, 1.807) is 0 Å². The Bertz CT molecular complexity index is 564. The first kappa shape index (κ1) is 35.8. The van der Waals surface area contributed by atoms with Crippen LogP contribution >= 0.6 is 0 Å². The summed E-state index contributed by atoms with van der Waals surface area (Å²) in [5.74, 6) is 1.12. The van der Waals surface area contributed by atoms with Gasteiger partial charge in [0.05, 0.1) is 38.1 Å². The van der Waals surface area contributed by atoms with Gasteiger partial charge in [0.1, 0.15) is 12.7 Å². The Morgan fingerprint density at radius 3 is 1.35 bits per heavy atom. The molecule has 0 aliphatic heterocycles. The van der Waals surface area contributed by atoms with E-state index in [4.69, 9.17) is 23.7 Å². The van der Waals surface area contributed by atoms with Crippen molar-refractivity contribution in [1.82, 2.24) is 0 Å². The predicted molar refractivity (Wildman–Crippen MR) is 149 cm³/mol. The van der Waals surface area contributed by atoms with Crippen LogP contribution in [-0.2, 0) is 33.3 Å². The van der Waals surface area contributed by atoms with Crippen molar-refractivity contribution < 1.29 is 33.3 Å². The summed E-state index contributed by atoms with van der Waals surface area (Å²) in [4.78, 5) is 23.8. The summed E-state index contributed by atoms with van der Waals surface area (Å²) in [6.45, 7) is 17.9. The molecule has 7 heteroatoms. The molecule has 0 spiro atoms. The number of hydrogen-bond acceptors (Lipinski definition) is 7. The van der Waals surface area contributed by atoms with Crippen molar-refractivity contribution in [3.8, 4) is 0 Å². The van der Waals surface area contributed by atoms with Gasteiger partial charge in [-0.25, -0.2) is 0 Å². The summed E-state index contributed by atoms with van der Waals surface area (Å²) in [5.41, 5.74) is 0. The number of hydrogen-bond donors (Lipinski definition) is 0. The van der Waals surface area contributed by atoms with Crippen molar-refractivity contribution in [2.24, 2.45) is 11.8 Å². The summed E-state index contributed by atoms with van der Waals surface area (Å²) >= 11 is 0. The normalized spacial score (nSPS) is 15.0. The molecule has 4 unspecified atom stereocenters. The molecule has 0 saturated heterocycles. The van der Waals surface area contributed by atoms with E-state index in [0.717, 1.165) is 38.5 Å². The van der Waals surface area contributed by atoms with E-state index in [-0.39, 0.29) is 43.0 Å². The van der Waals surface area contributed by atoms with Gasteiger partial charge in [-0.15, -0.1) is 0 Å². The first-order valence-corrected chi connectivity index (χ1v) is 14.7. The van der Waals surface area contributed by atoms with Crippen LogP contribution in [0.25, 0.3) is 0 Å². The van der Waals surface area contributed by atoms with Gasteiger partial charge in [0.15, 0.2) is 0 Å². The van der Waals surface area contributed by atoms with Crippen LogP contribution in [0.3, 0.4) is 0 Å². The molecule has 0 radical (unpaired) electrons. The molecule has 0 aromatic carbocycles. The molecule has 0 fully saturated rings. The van der Waals surface area contributed by atoms with E-state index in [1.165, 1.54) is 12.8 Å². The zero-order valence-electron chi connectivity index (χ0n) is 25.2. The Morgan fingerprint density at radius 2 is 0.892 bits per heavy atom. The topological polar surface area (TPSA) is 80.3 Å². The average molecular weight is 531 g/mol. The second kappa shape index (κ2) is 22.8. The van der Waals surface area contributed by atoms with Gasteiger partial charge < -0.3 is 23.7 Å². The molecule has 0 amide bonds. The molecule has 7 nitrogen and oxygen atoms in total. The molecular formula is C30H58O7. The van der Waals surface area contributed by atoms with Crippen molar-refractivity contribution in [3.63, 3.8) is 0 Å². The van der Waals surface area contributed by atoms with E-state index in [0.29, 0.717) is 44.5 Å². The van der Waals surface area contributed by atoms with Crippen molar-refractivity contribution in [2.45, 2.75) is 144 Å². The molecule has 0 heterocycles. The van der Waals surface area contributed by atoms with Gasteiger partial charge in [-0.05, 0) is 52.4 Å². The zero-order chi connectivity index (χ0) is 28.1. The highest BCUT2D eigenvalue weighted by atomic mass is 16.6. The predicted octanol–water partition coefficient (Wildman–Crippen LogP) is 6.89. The summed E-state index contributed by atoms with van der Waals surface area (Å²) in [6, 6.07) is 0. The molecule has 0 aromatic heterocycles. The molecule has 4 atom stereocenters. The third kappa shape index (κ3) is 24.9. The molecule has 0 saturated carbocycles. The van der Waals surface area contributed by atoms with Crippen LogP contribution in [0.4, 0.5) is 0 Å². The largest absolute Gasteiger partial charge is 0.463 e. The Morgan fingerprint density at radius 1 is 0.486 bits per heavy atom. The van der Waals surface area contributed by atoms with Crippen LogP contribution in [0, 0.1) is 11.8 Å². The molecule has 220 valence electrons. The minimum absolute atomic E-state index is 0.115. The van der Waals surface area contributed by atoms with E-state index in [2.05, 4.69) is 27.7 Å². The smallest absolute Gasteiger partial charge is 0.306 e. The molecule has 37 heavy (non-hydrogen) atoms. The van der Waals surface area contributed by atoms with Gasteiger partial charge in [0.2, 0.25) is 0 Å². The summed E-state index contributed by atoms with van der Waals surface area (Å²) in [7, 11) is 0. The number of rotatable bonds is 24. The lowest BCUT2D eigenvalue weighted by molar-refractivity contribution is -0.153. The standard InChI is InChI=1S/C30H58O7/c1-23(2)15-11-9-13-17-29(31)36-21-27(7)34-19-25(5)33-20-26(6)35-22-28(8)37-30(32)18-14-10-12-16-24(3)4/h23-28H,9-22H2,1-8H3. The third-order valence-electron chi connectivity index (χ3n) is 5.98. The minimum Gasteiger partial charge on any atom is -0.463 e. The lowest BCUT2D eigenvalue weighted by atomic mass is 10.0. The number of carbonyl (C=O) groups excluding carboxylic acids is 2. The minimum atomic E-state index is -0.282. The molecule has 0 aliphatic rings. The van der Waals surface area contributed by atoms with Crippen molar-refractivity contribution in [3.05, 3.63) is 0 Å². The van der Waals surface area contributed by atoms with Gasteiger partial charge in [0, 0.05) is 12.8 Å². The molecule has 0 aromatic rings. The second-order valence-electron chi connectivity index (χ2n) is 11.4. The summed E-state index contributed by atoms with van der Waals surface area (Å²) in [5, 5.41) is 0. The average Bonchev–Trinajstić information content (AvgIpc) is 2.82. The Hall–Kier alpha value is -1.18. The first-order chi connectivity index (χ1) is 17.5. The zero-order valence-corrected chi connectivity index (χ0v) is 25.2. The van der Waals surface area contributed by atoms with E-state index in [1.807, 2.05) is 27.7 Å². The maximum Gasteiger partial charge on any atom is 0.306 e. The number of ether oxygens (including phenoxy) is 5. The quantitative estimate of drug-likeness (QED) is 0.0993. The number of esters is 2. The highest BCUT2D eigenvalue weighted by molar-refractivity contribution is 5.69. The van der Waals surface area contributed by atoms with Crippen LogP contribution in [0.1, 0.15) is 120 Å². The van der Waals surface area contributed by atoms with Crippen LogP contribution < -0.4 is 0 Å². The SMILES string of the molecule is CC(C)CCCCCC(=O)OCC(C)OCC(C)OCC(C)OCC(C)OC(=O)CCCCCC(C)C. The molecule has 0 rings (SSSR count). The fraction of sp³-hybridized carbons (Fsp3) is 0.933. The highest BCUT2D eigenvalue weighted by Crippen LogP contribution is 2.11. The maximum atomic E-state index is 12.0. The summed E-state index contributed by atoms with van der Waals surface area (Å²) in [6.07, 6.45) is 8.86. The van der Waals surface area contributed by atoms with Crippen LogP contribution in [0.2, 0.25) is 0 Å². The first-order valence-electron chi connectivity index (χ1n) is 14.7. The van der Waals surface area contributed by atoms with Crippen molar-refractivity contribution >= 4 is 11.9 Å². The molecule has 0 aliphatic carbocycles. The Kier molecular flexibility index (Phi) is 22.0. The van der Waals surface area contributed by atoms with Gasteiger partial charge in [-0.2, -0.15) is 0 Å². The Balaban J connectivity index is 3.79. The van der Waals surface area contributed by atoms with Gasteiger partial charge in [-0.3, -0.25) is 9.59 Å². The lowest BCUT2D eigenvalue weighted by Crippen LogP contribution is -2.29. The molecule has 0 bridgehead atoms. The molecular weight excluding hydrogens is 472 g/mol. The monoisotopic (exact) mass is 530 g/mol. The van der Waals surface area contributed by atoms with Crippen molar-refractivity contribution in [2.75, 3.05) is 26.4 Å². The Labute approximate surface area is 227 Å². The van der Waals surface area contributed by atoms with Crippen LogP contribution in [0.5, 0.6) is 0 Å². The molecule has 0 N–H and O–H groups in total. The third-order valence-corrected chi connectivity index (χ3v) is 5.98. The van der Waals surface area contributed by atoms with E-state index in [9.17, 15) is 9.59 Å². The van der Waals surface area contributed by atoms with Gasteiger partial charge in [-0.1, -0.05) is 66.2 Å². The second-order valence-corrected chi connectivity index (χ2v) is 11.4. The van der Waals surface area contributed by atoms with Crippen molar-refractivity contribution in [1.29, 1.82) is 0 Å². The number of carbonyl (C=O) groups is 2. The number of unbranched alkanes of at least 4 members (excludes halogenated alkanes) is 4. The maximum absolute atomic E-state index is 12.0. The van der Waals surface area contributed by atoms with E-state index < -0.39 is 0 Å². The highest BCUT2D eigenvalue weighted by Gasteiger charge is 2.14. The van der Waals surface area contributed by atoms with Gasteiger partial charge >= 0.3 is 11.9 Å². The fourth-order valence-electron chi connectivity index (χ4n) is 3.64. The van der Waals surface area contributed by atoms with Crippen LogP contribution in [0.15, 0.2) is 0 Å². The lowest BCUT2D eigenvalue weighted by Gasteiger charge is -2.21. The van der Waals surface area contributed by atoms with Gasteiger partial charge in [0.25, 0.3) is 0 Å². The summed E-state index contributed by atoms with van der Waals surface area (Å²) < 4.78 is 28.1. The fourth-order valence-corrected chi connectivity index (χ4v) is 3.64.